The second-order valence-electron chi connectivity index (χ2n) is 6.14. The van der Waals surface area contributed by atoms with Crippen LogP contribution in [-0.2, 0) is 12.8 Å². The SMILES string of the molecule is O=C(CSc1nnc(-c2ccccc2)o1)c1ccc2c(c1)CCCC2. The number of rotatable bonds is 5. The van der Waals surface area contributed by atoms with E-state index < -0.39 is 0 Å². The minimum absolute atomic E-state index is 0.0952. The second-order valence-corrected chi connectivity index (χ2v) is 7.07. The van der Waals surface area contributed by atoms with Crippen LogP contribution >= 0.6 is 11.8 Å². The highest BCUT2D eigenvalue weighted by molar-refractivity contribution is 7.99. The van der Waals surface area contributed by atoms with Gasteiger partial charge in [0.1, 0.15) is 0 Å². The largest absolute Gasteiger partial charge is 0.411 e. The number of nitrogens with zero attached hydrogens (tertiary/aromatic N) is 2. The zero-order valence-corrected chi connectivity index (χ0v) is 14.6. The van der Waals surface area contributed by atoms with Crippen molar-refractivity contribution in [3.63, 3.8) is 0 Å². The van der Waals surface area contributed by atoms with E-state index in [9.17, 15) is 4.79 Å². The summed E-state index contributed by atoms with van der Waals surface area (Å²) in [5.74, 6) is 0.872. The first-order valence-electron chi connectivity index (χ1n) is 8.46. The molecular formula is C20H18N2O2S. The van der Waals surface area contributed by atoms with Crippen molar-refractivity contribution in [1.29, 1.82) is 0 Å². The van der Waals surface area contributed by atoms with Crippen molar-refractivity contribution in [1.82, 2.24) is 10.2 Å². The summed E-state index contributed by atoms with van der Waals surface area (Å²) in [6, 6.07) is 15.7. The van der Waals surface area contributed by atoms with E-state index in [1.807, 2.05) is 36.4 Å². The highest BCUT2D eigenvalue weighted by atomic mass is 32.2. The van der Waals surface area contributed by atoms with Crippen molar-refractivity contribution in [3.05, 3.63) is 65.2 Å². The van der Waals surface area contributed by atoms with Crippen molar-refractivity contribution in [2.24, 2.45) is 0 Å². The Kier molecular flexibility index (Phi) is 4.65. The van der Waals surface area contributed by atoms with Crippen LogP contribution in [0.1, 0.15) is 34.3 Å². The Hall–Kier alpha value is -2.40. The van der Waals surface area contributed by atoms with Gasteiger partial charge in [0, 0.05) is 11.1 Å². The molecule has 5 heteroatoms. The van der Waals surface area contributed by atoms with Gasteiger partial charge in [-0.25, -0.2) is 0 Å². The van der Waals surface area contributed by atoms with Crippen molar-refractivity contribution in [3.8, 4) is 11.5 Å². The fourth-order valence-corrected chi connectivity index (χ4v) is 3.74. The summed E-state index contributed by atoms with van der Waals surface area (Å²) in [6.45, 7) is 0. The number of carbonyl (C=O) groups is 1. The maximum Gasteiger partial charge on any atom is 0.277 e. The number of benzene rings is 2. The molecule has 0 fully saturated rings. The van der Waals surface area contributed by atoms with Crippen LogP contribution in [0.3, 0.4) is 0 Å². The molecule has 2 aromatic carbocycles. The molecule has 0 radical (unpaired) electrons. The maximum atomic E-state index is 12.5. The zero-order valence-electron chi connectivity index (χ0n) is 13.8. The summed E-state index contributed by atoms with van der Waals surface area (Å²) in [5, 5.41) is 8.49. The van der Waals surface area contributed by atoms with E-state index in [4.69, 9.17) is 4.42 Å². The molecule has 0 N–H and O–H groups in total. The molecule has 0 saturated heterocycles. The van der Waals surface area contributed by atoms with E-state index in [-0.39, 0.29) is 5.78 Å². The molecule has 126 valence electrons. The molecular weight excluding hydrogens is 332 g/mol. The molecule has 1 aliphatic rings. The van der Waals surface area contributed by atoms with Gasteiger partial charge < -0.3 is 4.42 Å². The van der Waals surface area contributed by atoms with Crippen molar-refractivity contribution in [2.45, 2.75) is 30.9 Å². The first kappa shape index (κ1) is 16.1. The summed E-state index contributed by atoms with van der Waals surface area (Å²) in [4.78, 5) is 12.5. The molecule has 0 bridgehead atoms. The molecule has 1 aromatic heterocycles. The van der Waals surface area contributed by atoms with Crippen molar-refractivity contribution < 1.29 is 9.21 Å². The molecule has 4 rings (SSSR count). The summed E-state index contributed by atoms with van der Waals surface area (Å²) < 4.78 is 5.64. The van der Waals surface area contributed by atoms with E-state index in [1.54, 1.807) is 0 Å². The highest BCUT2D eigenvalue weighted by Gasteiger charge is 2.15. The van der Waals surface area contributed by atoms with Gasteiger partial charge in [0.2, 0.25) is 5.89 Å². The molecule has 0 spiro atoms. The van der Waals surface area contributed by atoms with Crippen LogP contribution in [0.5, 0.6) is 0 Å². The Morgan fingerprint density at radius 2 is 1.80 bits per heavy atom. The normalized spacial score (nSPS) is 13.4. The van der Waals surface area contributed by atoms with Crippen LogP contribution in [0.4, 0.5) is 0 Å². The lowest BCUT2D eigenvalue weighted by Crippen LogP contribution is -2.07. The molecule has 1 aliphatic carbocycles. The van der Waals surface area contributed by atoms with Gasteiger partial charge in [0.15, 0.2) is 5.78 Å². The summed E-state index contributed by atoms with van der Waals surface area (Å²) in [6.07, 6.45) is 4.66. The van der Waals surface area contributed by atoms with Crippen LogP contribution in [-0.4, -0.2) is 21.7 Å². The highest BCUT2D eigenvalue weighted by Crippen LogP contribution is 2.25. The number of ketones is 1. The third kappa shape index (κ3) is 3.66. The van der Waals surface area contributed by atoms with E-state index in [0.29, 0.717) is 16.9 Å². The predicted molar refractivity (Wildman–Crippen MR) is 97.9 cm³/mol. The average Bonchev–Trinajstić information content (AvgIpc) is 3.15. The zero-order chi connectivity index (χ0) is 17.1. The van der Waals surface area contributed by atoms with Gasteiger partial charge in [0.25, 0.3) is 5.22 Å². The molecule has 3 aromatic rings. The summed E-state index contributed by atoms with van der Waals surface area (Å²) >= 11 is 1.29. The van der Waals surface area contributed by atoms with Gasteiger partial charge in [-0.1, -0.05) is 42.1 Å². The standard InChI is InChI=1S/C20H18N2O2S/c23-18(17-11-10-14-6-4-5-9-16(14)12-17)13-25-20-22-21-19(24-20)15-7-2-1-3-8-15/h1-3,7-8,10-12H,4-6,9,13H2. The lowest BCUT2D eigenvalue weighted by Gasteiger charge is -2.16. The first-order chi connectivity index (χ1) is 12.3. The summed E-state index contributed by atoms with van der Waals surface area (Å²) in [7, 11) is 0. The Morgan fingerprint density at radius 1 is 1.00 bits per heavy atom. The number of aromatic nitrogens is 2. The minimum Gasteiger partial charge on any atom is -0.411 e. The third-order valence-electron chi connectivity index (χ3n) is 4.42. The smallest absolute Gasteiger partial charge is 0.277 e. The maximum absolute atomic E-state index is 12.5. The quantitative estimate of drug-likeness (QED) is 0.497. The fourth-order valence-electron chi connectivity index (χ4n) is 3.08. The molecule has 1 heterocycles. The topological polar surface area (TPSA) is 56.0 Å². The first-order valence-corrected chi connectivity index (χ1v) is 9.45. The second kappa shape index (κ2) is 7.23. The number of Topliss-reactive ketones (excluding diaryl/α,β-unsaturated/α-hetero) is 1. The Balaban J connectivity index is 1.41. The number of hydrogen-bond acceptors (Lipinski definition) is 5. The van der Waals surface area contributed by atoms with Crippen LogP contribution in [0, 0.1) is 0 Å². The number of carbonyl (C=O) groups excluding carboxylic acids is 1. The number of aryl methyl sites for hydroxylation is 2. The van der Waals surface area contributed by atoms with Gasteiger partial charge in [-0.05, 0) is 55.0 Å². The summed E-state index contributed by atoms with van der Waals surface area (Å²) in [5.41, 5.74) is 4.37. The Bertz CT molecular complexity index is 890. The van der Waals surface area contributed by atoms with E-state index in [0.717, 1.165) is 24.0 Å². The van der Waals surface area contributed by atoms with Crippen LogP contribution in [0.25, 0.3) is 11.5 Å². The molecule has 0 saturated carbocycles. The van der Waals surface area contributed by atoms with Gasteiger partial charge >= 0.3 is 0 Å². The van der Waals surface area contributed by atoms with Gasteiger partial charge in [-0.3, -0.25) is 4.79 Å². The lowest BCUT2D eigenvalue weighted by molar-refractivity contribution is 0.102. The Morgan fingerprint density at radius 3 is 2.64 bits per heavy atom. The van der Waals surface area contributed by atoms with Crippen molar-refractivity contribution >= 4 is 17.5 Å². The Labute approximate surface area is 150 Å². The van der Waals surface area contributed by atoms with E-state index in [2.05, 4.69) is 22.3 Å². The molecule has 25 heavy (non-hydrogen) atoms. The van der Waals surface area contributed by atoms with Gasteiger partial charge in [-0.2, -0.15) is 0 Å². The monoisotopic (exact) mass is 350 g/mol. The molecule has 0 aliphatic heterocycles. The van der Waals surface area contributed by atoms with Crippen LogP contribution in [0.15, 0.2) is 58.2 Å². The molecule has 0 amide bonds. The molecule has 4 nitrogen and oxygen atoms in total. The van der Waals surface area contributed by atoms with Gasteiger partial charge in [-0.15, -0.1) is 10.2 Å². The minimum atomic E-state index is 0.0952. The molecule has 0 atom stereocenters. The van der Waals surface area contributed by atoms with E-state index in [1.165, 1.54) is 35.7 Å². The van der Waals surface area contributed by atoms with Crippen molar-refractivity contribution in [2.75, 3.05) is 5.75 Å². The fraction of sp³-hybridized carbons (Fsp3) is 0.250. The van der Waals surface area contributed by atoms with Crippen LogP contribution in [0.2, 0.25) is 0 Å². The molecule has 0 unspecified atom stereocenters. The number of thioether (sulfide) groups is 1. The van der Waals surface area contributed by atoms with Gasteiger partial charge in [0.05, 0.1) is 5.75 Å². The average molecular weight is 350 g/mol. The lowest BCUT2D eigenvalue weighted by atomic mass is 9.90. The van der Waals surface area contributed by atoms with E-state index >= 15 is 0 Å². The van der Waals surface area contributed by atoms with Crippen LogP contribution < -0.4 is 0 Å². The predicted octanol–water partition coefficient (Wildman–Crippen LogP) is 4.59. The third-order valence-corrected chi connectivity index (χ3v) is 5.24. The number of hydrogen-bond donors (Lipinski definition) is 0. The number of fused-ring (bicyclic) bond motifs is 1.